The van der Waals surface area contributed by atoms with Crippen LogP contribution in [0, 0.1) is 32.1 Å². The highest BCUT2D eigenvalue weighted by molar-refractivity contribution is 5.92. The molecule has 1 heterocycles. The highest BCUT2D eigenvalue weighted by atomic mass is 16.5. The van der Waals surface area contributed by atoms with Crippen LogP contribution >= 0.6 is 0 Å². The summed E-state index contributed by atoms with van der Waals surface area (Å²) in [4.78, 5) is 12.0. The van der Waals surface area contributed by atoms with Gasteiger partial charge in [-0.3, -0.25) is 9.48 Å². The molecule has 0 aliphatic heterocycles. The number of ether oxygens (including phenoxy) is 1. The first-order valence-corrected chi connectivity index (χ1v) is 6.85. The van der Waals surface area contributed by atoms with E-state index in [0.717, 1.165) is 16.7 Å². The molecule has 0 spiro atoms. The molecule has 0 bridgehead atoms. The van der Waals surface area contributed by atoms with E-state index in [2.05, 4.69) is 16.5 Å². The van der Waals surface area contributed by atoms with E-state index in [1.165, 1.54) is 10.9 Å². The largest absolute Gasteiger partial charge is 0.483 e. The Morgan fingerprint density at radius 2 is 2.14 bits per heavy atom. The average molecular weight is 298 g/mol. The number of carbonyl (C=O) groups excluding carboxylic acids is 1. The van der Waals surface area contributed by atoms with Crippen molar-refractivity contribution in [2.24, 2.45) is 7.05 Å². The Labute approximate surface area is 129 Å². The van der Waals surface area contributed by atoms with Crippen molar-refractivity contribution in [3.63, 3.8) is 0 Å². The molecule has 1 amide bonds. The Morgan fingerprint density at radius 3 is 2.82 bits per heavy atom. The van der Waals surface area contributed by atoms with Gasteiger partial charge in [0.1, 0.15) is 23.2 Å². The first kappa shape index (κ1) is 15.6. The second kappa shape index (κ2) is 6.31. The molecule has 2 rings (SSSR count). The first-order chi connectivity index (χ1) is 10.4. The Kier molecular flexibility index (Phi) is 4.47. The minimum absolute atomic E-state index is 0.125. The maximum Gasteiger partial charge on any atom is 0.263 e. The molecule has 114 valence electrons. The maximum atomic E-state index is 12.0. The zero-order valence-electron chi connectivity index (χ0n) is 13.1. The number of benzene rings is 1. The molecule has 22 heavy (non-hydrogen) atoms. The van der Waals surface area contributed by atoms with Gasteiger partial charge in [-0.05, 0) is 43.5 Å². The van der Waals surface area contributed by atoms with Gasteiger partial charge in [0, 0.05) is 7.05 Å². The Bertz CT molecular complexity index is 756. The third-order valence-corrected chi connectivity index (χ3v) is 3.44. The van der Waals surface area contributed by atoms with Crippen LogP contribution in [0.5, 0.6) is 5.75 Å². The molecule has 0 unspecified atom stereocenters. The molecule has 0 fully saturated rings. The number of hydrogen-bond acceptors (Lipinski definition) is 4. The molecule has 0 aliphatic carbocycles. The number of aromatic nitrogens is 2. The number of anilines is 1. The molecular weight excluding hydrogens is 280 g/mol. The van der Waals surface area contributed by atoms with E-state index in [-0.39, 0.29) is 12.5 Å². The van der Waals surface area contributed by atoms with E-state index in [4.69, 9.17) is 10.00 Å². The van der Waals surface area contributed by atoms with Gasteiger partial charge in [0.2, 0.25) is 0 Å². The molecular formula is C16H18N4O2. The summed E-state index contributed by atoms with van der Waals surface area (Å²) in [6.07, 6.45) is 1.41. The van der Waals surface area contributed by atoms with Crippen LogP contribution in [0.2, 0.25) is 0 Å². The summed E-state index contributed by atoms with van der Waals surface area (Å²) in [6.45, 7) is 5.81. The summed E-state index contributed by atoms with van der Waals surface area (Å²) >= 11 is 0. The lowest BCUT2D eigenvalue weighted by atomic mass is 10.1. The number of nitriles is 1. The van der Waals surface area contributed by atoms with Gasteiger partial charge in [0.15, 0.2) is 6.61 Å². The van der Waals surface area contributed by atoms with Crippen molar-refractivity contribution >= 4 is 11.7 Å². The molecule has 0 atom stereocenters. The lowest BCUT2D eigenvalue weighted by Crippen LogP contribution is -2.22. The predicted molar refractivity (Wildman–Crippen MR) is 82.7 cm³/mol. The Morgan fingerprint density at radius 1 is 1.41 bits per heavy atom. The Balaban J connectivity index is 2.05. The van der Waals surface area contributed by atoms with Crippen LogP contribution in [0.15, 0.2) is 18.3 Å². The molecule has 6 heteroatoms. The highest BCUT2D eigenvalue weighted by Crippen LogP contribution is 2.23. The second-order valence-corrected chi connectivity index (χ2v) is 5.18. The summed E-state index contributed by atoms with van der Waals surface area (Å²) in [7, 11) is 1.66. The molecule has 1 aromatic carbocycles. The van der Waals surface area contributed by atoms with E-state index in [1.807, 2.05) is 32.9 Å². The lowest BCUT2D eigenvalue weighted by Gasteiger charge is -2.12. The second-order valence-electron chi connectivity index (χ2n) is 5.18. The number of rotatable bonds is 4. The van der Waals surface area contributed by atoms with E-state index < -0.39 is 0 Å². The summed E-state index contributed by atoms with van der Waals surface area (Å²) < 4.78 is 7.04. The maximum absolute atomic E-state index is 12.0. The topological polar surface area (TPSA) is 79.9 Å². The van der Waals surface area contributed by atoms with Crippen molar-refractivity contribution in [2.75, 3.05) is 11.9 Å². The first-order valence-electron chi connectivity index (χ1n) is 6.85. The van der Waals surface area contributed by atoms with Crippen LogP contribution in [0.1, 0.15) is 22.3 Å². The average Bonchev–Trinajstić information content (AvgIpc) is 2.82. The molecule has 1 N–H and O–H groups in total. The molecule has 0 saturated carbocycles. The van der Waals surface area contributed by atoms with Gasteiger partial charge in [0.05, 0.1) is 6.20 Å². The van der Waals surface area contributed by atoms with Crippen LogP contribution in [-0.4, -0.2) is 22.3 Å². The van der Waals surface area contributed by atoms with Crippen LogP contribution in [0.4, 0.5) is 5.82 Å². The molecule has 0 saturated heterocycles. The minimum atomic E-state index is -0.335. The normalized spacial score (nSPS) is 10.1. The smallest absolute Gasteiger partial charge is 0.263 e. The van der Waals surface area contributed by atoms with E-state index in [0.29, 0.717) is 17.1 Å². The fourth-order valence-corrected chi connectivity index (χ4v) is 2.13. The van der Waals surface area contributed by atoms with Crippen molar-refractivity contribution in [1.29, 1.82) is 5.26 Å². The van der Waals surface area contributed by atoms with Gasteiger partial charge >= 0.3 is 0 Å². The van der Waals surface area contributed by atoms with Crippen LogP contribution in [0.25, 0.3) is 0 Å². The molecule has 2 aromatic rings. The summed E-state index contributed by atoms with van der Waals surface area (Å²) in [6, 6.07) is 5.95. The summed E-state index contributed by atoms with van der Waals surface area (Å²) in [5, 5.41) is 15.5. The number of hydrogen-bond donors (Lipinski definition) is 1. The minimum Gasteiger partial charge on any atom is -0.483 e. The van der Waals surface area contributed by atoms with Crippen molar-refractivity contribution in [3.05, 3.63) is 40.6 Å². The summed E-state index contributed by atoms with van der Waals surface area (Å²) in [5.41, 5.74) is 3.53. The zero-order valence-corrected chi connectivity index (χ0v) is 13.1. The predicted octanol–water partition coefficient (Wildman–Crippen LogP) is 2.23. The fraction of sp³-hybridized carbons (Fsp3) is 0.312. The summed E-state index contributed by atoms with van der Waals surface area (Å²) in [5.74, 6) is 0.727. The third kappa shape index (κ3) is 3.26. The van der Waals surface area contributed by atoms with Crippen molar-refractivity contribution in [2.45, 2.75) is 20.8 Å². The third-order valence-electron chi connectivity index (χ3n) is 3.44. The molecule has 1 aromatic heterocycles. The van der Waals surface area contributed by atoms with Crippen molar-refractivity contribution < 1.29 is 9.53 Å². The Hall–Kier alpha value is -2.81. The SMILES string of the molecule is Cc1cc(C)c(C)c(OCC(=O)Nc2c(C#N)cnn2C)c1. The van der Waals surface area contributed by atoms with Crippen LogP contribution < -0.4 is 10.1 Å². The molecule has 0 aliphatic rings. The monoisotopic (exact) mass is 298 g/mol. The number of amides is 1. The number of nitrogens with one attached hydrogen (secondary N) is 1. The highest BCUT2D eigenvalue weighted by Gasteiger charge is 2.13. The van der Waals surface area contributed by atoms with Crippen LogP contribution in [0.3, 0.4) is 0 Å². The fourth-order valence-electron chi connectivity index (χ4n) is 2.13. The van der Waals surface area contributed by atoms with Gasteiger partial charge in [-0.15, -0.1) is 0 Å². The van der Waals surface area contributed by atoms with Gasteiger partial charge in [-0.25, -0.2) is 0 Å². The van der Waals surface area contributed by atoms with Gasteiger partial charge in [-0.1, -0.05) is 6.07 Å². The van der Waals surface area contributed by atoms with E-state index >= 15 is 0 Å². The zero-order chi connectivity index (χ0) is 16.3. The molecule has 0 radical (unpaired) electrons. The van der Waals surface area contributed by atoms with E-state index in [1.54, 1.807) is 7.05 Å². The lowest BCUT2D eigenvalue weighted by molar-refractivity contribution is -0.118. The van der Waals surface area contributed by atoms with Gasteiger partial charge < -0.3 is 10.1 Å². The van der Waals surface area contributed by atoms with Crippen LogP contribution in [-0.2, 0) is 11.8 Å². The van der Waals surface area contributed by atoms with E-state index in [9.17, 15) is 4.79 Å². The van der Waals surface area contributed by atoms with Crippen molar-refractivity contribution in [1.82, 2.24) is 9.78 Å². The van der Waals surface area contributed by atoms with Gasteiger partial charge in [-0.2, -0.15) is 10.4 Å². The quantitative estimate of drug-likeness (QED) is 0.938. The number of nitrogens with zero attached hydrogens (tertiary/aromatic N) is 3. The standard InChI is InChI=1S/C16H18N4O2/c1-10-5-11(2)12(3)14(6-10)22-9-15(21)19-16-13(7-17)8-18-20(16)4/h5-6,8H,9H2,1-4H3,(H,19,21). The van der Waals surface area contributed by atoms with Crippen molar-refractivity contribution in [3.8, 4) is 11.8 Å². The molecule has 6 nitrogen and oxygen atoms in total. The van der Waals surface area contributed by atoms with Gasteiger partial charge in [0.25, 0.3) is 5.91 Å². The number of carbonyl (C=O) groups is 1. The number of aryl methyl sites for hydroxylation is 3.